The zero-order valence-corrected chi connectivity index (χ0v) is 10.9. The molecule has 3 rings (SSSR count). The molecule has 0 aliphatic carbocycles. The molecule has 0 atom stereocenters. The van der Waals surface area contributed by atoms with E-state index in [0.717, 1.165) is 11.1 Å². The van der Waals surface area contributed by atoms with Crippen LogP contribution in [0.3, 0.4) is 0 Å². The van der Waals surface area contributed by atoms with E-state index in [1.807, 2.05) is 60.7 Å². The van der Waals surface area contributed by atoms with Crippen molar-refractivity contribution in [2.75, 3.05) is 0 Å². The van der Waals surface area contributed by atoms with Gasteiger partial charge in [-0.2, -0.15) is 0 Å². The van der Waals surface area contributed by atoms with Gasteiger partial charge < -0.3 is 5.73 Å². The van der Waals surface area contributed by atoms with Gasteiger partial charge in [-0.05, 0) is 0 Å². The first-order valence-electron chi connectivity index (χ1n) is 6.42. The summed E-state index contributed by atoms with van der Waals surface area (Å²) in [5.74, 6) is 1.90. The predicted molar refractivity (Wildman–Crippen MR) is 78.6 cm³/mol. The van der Waals surface area contributed by atoms with Crippen molar-refractivity contribution < 1.29 is 0 Å². The van der Waals surface area contributed by atoms with Crippen molar-refractivity contribution in [1.82, 2.24) is 15.0 Å². The maximum atomic E-state index is 5.69. The number of rotatable bonds is 3. The maximum absolute atomic E-state index is 5.69. The SMILES string of the molecule is NCc1nc(-c2ccccc2)nc(-c2ccccc2)n1. The Balaban J connectivity index is 2.13. The minimum Gasteiger partial charge on any atom is -0.324 e. The zero-order valence-electron chi connectivity index (χ0n) is 10.9. The molecule has 0 saturated heterocycles. The van der Waals surface area contributed by atoms with Gasteiger partial charge in [-0.1, -0.05) is 60.7 Å². The molecule has 0 fully saturated rings. The number of benzene rings is 2. The molecule has 2 N–H and O–H groups in total. The molecule has 4 nitrogen and oxygen atoms in total. The van der Waals surface area contributed by atoms with Crippen LogP contribution >= 0.6 is 0 Å². The first-order chi connectivity index (χ1) is 9.86. The molecule has 1 heterocycles. The molecular formula is C16H14N4. The quantitative estimate of drug-likeness (QED) is 0.788. The highest BCUT2D eigenvalue weighted by molar-refractivity contribution is 5.60. The molecular weight excluding hydrogens is 248 g/mol. The molecule has 0 radical (unpaired) electrons. The summed E-state index contributed by atoms with van der Waals surface area (Å²) in [6.07, 6.45) is 0. The van der Waals surface area contributed by atoms with E-state index in [9.17, 15) is 0 Å². The average Bonchev–Trinajstić information content (AvgIpc) is 2.56. The minimum absolute atomic E-state index is 0.294. The smallest absolute Gasteiger partial charge is 0.163 e. The second kappa shape index (κ2) is 5.59. The van der Waals surface area contributed by atoms with Crippen molar-refractivity contribution in [2.24, 2.45) is 5.73 Å². The van der Waals surface area contributed by atoms with Crippen LogP contribution in [0.4, 0.5) is 0 Å². The normalized spacial score (nSPS) is 10.4. The lowest BCUT2D eigenvalue weighted by molar-refractivity contribution is 0.886. The lowest BCUT2D eigenvalue weighted by Crippen LogP contribution is -2.07. The highest BCUT2D eigenvalue weighted by atomic mass is 15.0. The van der Waals surface area contributed by atoms with Crippen molar-refractivity contribution in [3.63, 3.8) is 0 Å². The van der Waals surface area contributed by atoms with E-state index in [1.54, 1.807) is 0 Å². The molecule has 1 aromatic heterocycles. The Morgan fingerprint density at radius 3 is 1.50 bits per heavy atom. The van der Waals surface area contributed by atoms with Crippen LogP contribution in [0.5, 0.6) is 0 Å². The lowest BCUT2D eigenvalue weighted by atomic mass is 10.2. The molecule has 0 amide bonds. The highest BCUT2D eigenvalue weighted by Crippen LogP contribution is 2.19. The van der Waals surface area contributed by atoms with Crippen LogP contribution in [0.15, 0.2) is 60.7 Å². The third kappa shape index (κ3) is 2.55. The Morgan fingerprint density at radius 1 is 0.650 bits per heavy atom. The molecule has 0 aliphatic rings. The van der Waals surface area contributed by atoms with Gasteiger partial charge in [0.15, 0.2) is 11.6 Å². The highest BCUT2D eigenvalue weighted by Gasteiger charge is 2.08. The molecule has 98 valence electrons. The Labute approximate surface area is 117 Å². The summed E-state index contributed by atoms with van der Waals surface area (Å²) in [5.41, 5.74) is 7.61. The van der Waals surface area contributed by atoms with Crippen LogP contribution in [0.25, 0.3) is 22.8 Å². The van der Waals surface area contributed by atoms with E-state index in [0.29, 0.717) is 24.0 Å². The van der Waals surface area contributed by atoms with Crippen LogP contribution in [0, 0.1) is 0 Å². The largest absolute Gasteiger partial charge is 0.324 e. The van der Waals surface area contributed by atoms with E-state index in [1.165, 1.54) is 0 Å². The van der Waals surface area contributed by atoms with E-state index in [-0.39, 0.29) is 0 Å². The van der Waals surface area contributed by atoms with Crippen molar-refractivity contribution in [3.8, 4) is 22.8 Å². The Hall–Kier alpha value is -2.59. The summed E-state index contributed by atoms with van der Waals surface area (Å²) in [6.45, 7) is 0.294. The first-order valence-corrected chi connectivity index (χ1v) is 6.42. The fourth-order valence-corrected chi connectivity index (χ4v) is 1.94. The van der Waals surface area contributed by atoms with Gasteiger partial charge in [0.05, 0.1) is 6.54 Å². The third-order valence-electron chi connectivity index (χ3n) is 2.93. The van der Waals surface area contributed by atoms with Gasteiger partial charge in [-0.25, -0.2) is 15.0 Å². The maximum Gasteiger partial charge on any atom is 0.163 e. The van der Waals surface area contributed by atoms with Crippen molar-refractivity contribution >= 4 is 0 Å². The molecule has 3 aromatic rings. The van der Waals surface area contributed by atoms with Gasteiger partial charge >= 0.3 is 0 Å². The van der Waals surface area contributed by atoms with E-state index < -0.39 is 0 Å². The van der Waals surface area contributed by atoms with E-state index in [2.05, 4.69) is 15.0 Å². The molecule has 0 saturated carbocycles. The van der Waals surface area contributed by atoms with Crippen LogP contribution in [0.2, 0.25) is 0 Å². The second-order valence-electron chi connectivity index (χ2n) is 4.34. The van der Waals surface area contributed by atoms with Gasteiger partial charge in [0.2, 0.25) is 0 Å². The number of nitrogens with two attached hydrogens (primary N) is 1. The summed E-state index contributed by atoms with van der Waals surface area (Å²) in [5, 5.41) is 0. The molecule has 2 aromatic carbocycles. The zero-order chi connectivity index (χ0) is 13.8. The summed E-state index contributed by atoms with van der Waals surface area (Å²) < 4.78 is 0. The van der Waals surface area contributed by atoms with Crippen LogP contribution in [-0.4, -0.2) is 15.0 Å². The fourth-order valence-electron chi connectivity index (χ4n) is 1.94. The molecule has 20 heavy (non-hydrogen) atoms. The number of hydrogen-bond acceptors (Lipinski definition) is 4. The number of nitrogens with zero attached hydrogens (tertiary/aromatic N) is 3. The van der Waals surface area contributed by atoms with Crippen molar-refractivity contribution in [1.29, 1.82) is 0 Å². The first kappa shape index (κ1) is 12.4. The molecule has 0 unspecified atom stereocenters. The Morgan fingerprint density at radius 2 is 1.10 bits per heavy atom. The van der Waals surface area contributed by atoms with Gasteiger partial charge in [0.25, 0.3) is 0 Å². The van der Waals surface area contributed by atoms with E-state index in [4.69, 9.17) is 5.73 Å². The second-order valence-corrected chi connectivity index (χ2v) is 4.34. The molecule has 0 spiro atoms. The van der Waals surface area contributed by atoms with Gasteiger partial charge in [0.1, 0.15) is 5.82 Å². The van der Waals surface area contributed by atoms with Gasteiger partial charge in [-0.3, -0.25) is 0 Å². The third-order valence-corrected chi connectivity index (χ3v) is 2.93. The predicted octanol–water partition coefficient (Wildman–Crippen LogP) is 2.66. The lowest BCUT2D eigenvalue weighted by Gasteiger charge is -2.06. The topological polar surface area (TPSA) is 64.7 Å². The van der Waals surface area contributed by atoms with Gasteiger partial charge in [0, 0.05) is 11.1 Å². The molecule has 0 aliphatic heterocycles. The van der Waals surface area contributed by atoms with Crippen LogP contribution in [0.1, 0.15) is 5.82 Å². The van der Waals surface area contributed by atoms with Crippen LogP contribution < -0.4 is 5.73 Å². The summed E-state index contributed by atoms with van der Waals surface area (Å²) in [4.78, 5) is 13.3. The Kier molecular flexibility index (Phi) is 3.48. The monoisotopic (exact) mass is 262 g/mol. The summed E-state index contributed by atoms with van der Waals surface area (Å²) >= 11 is 0. The molecule has 4 heteroatoms. The summed E-state index contributed by atoms with van der Waals surface area (Å²) in [6, 6.07) is 19.7. The Bertz CT molecular complexity index is 638. The fraction of sp³-hybridized carbons (Fsp3) is 0.0625. The van der Waals surface area contributed by atoms with E-state index >= 15 is 0 Å². The average molecular weight is 262 g/mol. The standard InChI is InChI=1S/C16H14N4/c17-11-14-18-15(12-7-3-1-4-8-12)20-16(19-14)13-9-5-2-6-10-13/h1-10H,11,17H2. The van der Waals surface area contributed by atoms with Crippen molar-refractivity contribution in [2.45, 2.75) is 6.54 Å². The summed E-state index contributed by atoms with van der Waals surface area (Å²) in [7, 11) is 0. The molecule has 0 bridgehead atoms. The number of aromatic nitrogens is 3. The van der Waals surface area contributed by atoms with Crippen molar-refractivity contribution in [3.05, 3.63) is 66.5 Å². The van der Waals surface area contributed by atoms with Crippen LogP contribution in [-0.2, 0) is 6.54 Å². The number of hydrogen-bond donors (Lipinski definition) is 1. The van der Waals surface area contributed by atoms with Gasteiger partial charge in [-0.15, -0.1) is 0 Å². The minimum atomic E-state index is 0.294.